The molecule has 0 bridgehead atoms. The number of imide groups is 1. The van der Waals surface area contributed by atoms with Gasteiger partial charge in [0.25, 0.3) is 72.5 Å². The first kappa shape index (κ1) is 64.4. The molecule has 3 aliphatic heterocycles. The zero-order valence-electron chi connectivity index (χ0n) is 45.7. The highest BCUT2D eigenvalue weighted by molar-refractivity contribution is 7.87. The van der Waals surface area contributed by atoms with Gasteiger partial charge >= 0.3 is 5.97 Å². The summed E-state index contributed by atoms with van der Waals surface area (Å²) < 4.78 is 212. The van der Waals surface area contributed by atoms with E-state index < -0.39 is 120 Å². The Bertz CT molecular complexity index is 4510. The molecule has 8 rings (SSSR count). The van der Waals surface area contributed by atoms with Crippen molar-refractivity contribution in [3.63, 3.8) is 0 Å². The van der Waals surface area contributed by atoms with Gasteiger partial charge in [0.15, 0.2) is 5.71 Å². The average Bonchev–Trinajstić information content (AvgIpc) is 1.65. The summed E-state index contributed by atoms with van der Waals surface area (Å²) in [6, 6.07) is 15.9. The summed E-state index contributed by atoms with van der Waals surface area (Å²) in [4.78, 5) is 39.9. The summed E-state index contributed by atoms with van der Waals surface area (Å²) in [5.41, 5.74) is 1.02. The molecule has 0 aliphatic carbocycles. The van der Waals surface area contributed by atoms with Crippen molar-refractivity contribution in [2.24, 2.45) is 0 Å². The number of rotatable bonds is 22. The van der Waals surface area contributed by atoms with E-state index in [4.69, 9.17) is 4.84 Å². The summed E-state index contributed by atoms with van der Waals surface area (Å²) in [6.07, 6.45) is 6.99. The van der Waals surface area contributed by atoms with E-state index in [-0.39, 0.29) is 84.3 Å². The minimum absolute atomic E-state index is 0.0371. The van der Waals surface area contributed by atoms with Crippen molar-refractivity contribution in [3.05, 3.63) is 125 Å². The Morgan fingerprint density at radius 1 is 0.624 bits per heavy atom. The highest BCUT2D eigenvalue weighted by Crippen LogP contribution is 2.52. The van der Waals surface area contributed by atoms with E-state index in [9.17, 15) is 92.2 Å². The molecule has 5 aromatic rings. The van der Waals surface area contributed by atoms with Crippen LogP contribution in [-0.4, -0.2) is 136 Å². The molecule has 0 aromatic heterocycles. The molecule has 0 unspecified atom stereocenters. The quantitative estimate of drug-likeness (QED) is 0.0140. The largest absolute Gasteiger partial charge is 0.344 e. The van der Waals surface area contributed by atoms with Gasteiger partial charge in [-0.3, -0.25) is 36.9 Å². The van der Waals surface area contributed by atoms with Crippen molar-refractivity contribution in [3.8, 4) is 0 Å². The SMILES string of the molecule is CC1(C)C(/C=C/C(=C/C=C2/N(CCCS(=O)(=O)O)c3ccc4c(S(=O)(=O)O)cc(S(=O)(=O)O)cc4c3C2(C)C)c2cccc(CCCCC(=O)ON3C(=O)CCC3=O)c2)=[N+](CCCS(=O)(=O)O)c2ccc3c(S(=O)(=O)O)cc(S(=O)(=O)O)cc3c21. The molecule has 0 saturated carbocycles. The number of aryl methyl sites for hydroxylation is 1. The fourth-order valence-corrected chi connectivity index (χ4v) is 14.9. The van der Waals surface area contributed by atoms with Gasteiger partial charge in [0.1, 0.15) is 16.3 Å². The lowest BCUT2D eigenvalue weighted by molar-refractivity contribution is -0.437. The van der Waals surface area contributed by atoms with Crippen LogP contribution in [0.1, 0.15) is 94.9 Å². The molecule has 3 heterocycles. The molecule has 0 radical (unpaired) electrons. The summed E-state index contributed by atoms with van der Waals surface area (Å²) in [5, 5.41) is 0.105. The Kier molecular flexibility index (Phi) is 17.6. The highest BCUT2D eigenvalue weighted by atomic mass is 32.2. The first-order valence-corrected chi connectivity index (χ1v) is 34.9. The Morgan fingerprint density at radius 3 is 1.73 bits per heavy atom. The molecule has 1 fully saturated rings. The Balaban J connectivity index is 1.32. The summed E-state index contributed by atoms with van der Waals surface area (Å²) >= 11 is 0. The van der Waals surface area contributed by atoms with E-state index in [0.29, 0.717) is 64.0 Å². The van der Waals surface area contributed by atoms with E-state index in [2.05, 4.69) is 0 Å². The number of carbonyl (C=O) groups excluding carboxylic acids is 3. The lowest BCUT2D eigenvalue weighted by Crippen LogP contribution is -2.31. The number of hydroxylamine groups is 2. The van der Waals surface area contributed by atoms with Gasteiger partial charge in [-0.25, -0.2) is 4.79 Å². The average molecular weight is 1290 g/mol. The van der Waals surface area contributed by atoms with Crippen LogP contribution in [0, 0.1) is 0 Å². The maximum absolute atomic E-state index is 12.8. The van der Waals surface area contributed by atoms with Crippen molar-refractivity contribution in [2.75, 3.05) is 29.5 Å². The van der Waals surface area contributed by atoms with Crippen molar-refractivity contribution in [2.45, 2.75) is 109 Å². The number of allylic oxidation sites excluding steroid dienone is 6. The van der Waals surface area contributed by atoms with E-state index in [1.807, 2.05) is 6.07 Å². The lowest BCUT2D eigenvalue weighted by atomic mass is 9.78. The topological polar surface area (TPSA) is 396 Å². The van der Waals surface area contributed by atoms with Gasteiger partial charge in [-0.15, -0.1) is 5.06 Å². The van der Waals surface area contributed by atoms with Crippen LogP contribution >= 0.6 is 0 Å². The second-order valence-electron chi connectivity index (χ2n) is 21.5. The summed E-state index contributed by atoms with van der Waals surface area (Å²) in [6.45, 7) is 6.52. The predicted octanol–water partition coefficient (Wildman–Crippen LogP) is 6.55. The number of benzene rings is 5. The van der Waals surface area contributed by atoms with Gasteiger partial charge in [-0.2, -0.15) is 55.1 Å². The van der Waals surface area contributed by atoms with E-state index in [0.717, 1.165) is 17.7 Å². The molecule has 2 amide bonds. The van der Waals surface area contributed by atoms with Gasteiger partial charge in [0.05, 0.1) is 26.7 Å². The third-order valence-corrected chi connectivity index (χ3v) is 20.0. The number of carbonyl (C=O) groups is 3. The third kappa shape index (κ3) is 14.0. The minimum Gasteiger partial charge on any atom is -0.344 e. The molecule has 1 saturated heterocycles. The maximum atomic E-state index is 12.8. The standard InChI is InChI=1S/C54H57N3O22S6/c1-53(2)46(55(24-8-26-80(61,62)63)42-18-16-38-40(51(42)53)29-36(82(67,68)69)31-44(38)84(73,74)75)20-14-34(35-12-7-11-33(28-35)10-5-6-13-50(60)79-57-48(58)22-23-49(57)59)15-21-47-54(3,4)52-41-30-37(83(70,71)72)32-45(85(76,77)78)39(41)17-19-43(52)56(47)25-9-27-81(64,65)66/h7,11-12,14-21,28-32H,5-6,8-10,13,22-27H2,1-4H3,(H5-,61,62,63,64,65,66,67,68,69,70,71,72,73,74,75,76,77,78)/p+1. The summed E-state index contributed by atoms with van der Waals surface area (Å²) in [5.74, 6) is -3.48. The van der Waals surface area contributed by atoms with Crippen molar-refractivity contribution >= 4 is 123 Å². The number of hydrogen-bond acceptors (Lipinski definition) is 17. The van der Waals surface area contributed by atoms with Crippen LogP contribution < -0.4 is 4.90 Å². The van der Waals surface area contributed by atoms with Gasteiger partial charge in [-0.05, 0) is 121 Å². The van der Waals surface area contributed by atoms with Crippen molar-refractivity contribution in [1.29, 1.82) is 0 Å². The number of fused-ring (bicyclic) bond motifs is 6. The van der Waals surface area contributed by atoms with Gasteiger partial charge in [0, 0.05) is 77.5 Å². The number of unbranched alkanes of at least 4 members (excludes halogenated alkanes) is 1. The van der Waals surface area contributed by atoms with Crippen LogP contribution in [0.3, 0.4) is 0 Å². The molecule has 3 aliphatic rings. The molecule has 0 atom stereocenters. The zero-order valence-corrected chi connectivity index (χ0v) is 50.6. The fourth-order valence-electron chi connectivity index (χ4n) is 11.2. The Labute approximate surface area is 490 Å². The number of anilines is 1. The molecule has 0 spiro atoms. The maximum Gasteiger partial charge on any atom is 0.333 e. The van der Waals surface area contributed by atoms with E-state index >= 15 is 0 Å². The normalized spacial score (nSPS) is 17.3. The van der Waals surface area contributed by atoms with Crippen molar-refractivity contribution in [1.82, 2.24) is 5.06 Å². The monoisotopic (exact) mass is 1290 g/mol. The molecule has 25 nitrogen and oxygen atoms in total. The van der Waals surface area contributed by atoms with Crippen molar-refractivity contribution < 1.29 is 102 Å². The molecular weight excluding hydrogens is 1230 g/mol. The molecule has 31 heteroatoms. The molecular formula is C54H58N3O22S6+. The smallest absolute Gasteiger partial charge is 0.333 e. The van der Waals surface area contributed by atoms with E-state index in [1.54, 1.807) is 79.7 Å². The first-order chi connectivity index (χ1) is 39.2. The number of amides is 2. The van der Waals surface area contributed by atoms with E-state index in [1.165, 1.54) is 24.3 Å². The Morgan fingerprint density at radius 2 is 1.18 bits per heavy atom. The molecule has 5 aromatic carbocycles. The number of nitrogens with zero attached hydrogens (tertiary/aromatic N) is 3. The van der Waals surface area contributed by atoms with Gasteiger partial charge in [0.2, 0.25) is 5.69 Å². The fraction of sp³-hybridized carbons (Fsp3) is 0.333. The first-order valence-electron chi connectivity index (χ1n) is 25.9. The number of hydrogen-bond donors (Lipinski definition) is 6. The molecule has 456 valence electrons. The molecule has 6 N–H and O–H groups in total. The van der Waals surface area contributed by atoms with Gasteiger partial charge < -0.3 is 9.74 Å². The van der Waals surface area contributed by atoms with Crippen LogP contribution in [0.25, 0.3) is 27.1 Å². The van der Waals surface area contributed by atoms with Gasteiger partial charge in [-0.1, -0.05) is 50.3 Å². The third-order valence-electron chi connectivity index (χ3n) is 14.9. The van der Waals surface area contributed by atoms with Crippen LogP contribution in [0.5, 0.6) is 0 Å². The molecule has 85 heavy (non-hydrogen) atoms. The predicted molar refractivity (Wildman–Crippen MR) is 309 cm³/mol. The van der Waals surface area contributed by atoms with Crippen LogP contribution in [0.2, 0.25) is 0 Å². The summed E-state index contributed by atoms with van der Waals surface area (Å²) in [7, 11) is -29.6. The Hall–Kier alpha value is -6.62. The van der Waals surface area contributed by atoms with Crippen LogP contribution in [0.15, 0.2) is 122 Å². The second-order valence-corrected chi connectivity index (χ2v) is 30.3. The second kappa shape index (κ2) is 23.2. The zero-order chi connectivity index (χ0) is 62.8. The van der Waals surface area contributed by atoms with Crippen LogP contribution in [0.4, 0.5) is 11.4 Å². The minimum atomic E-state index is -5.15. The lowest BCUT2D eigenvalue weighted by Gasteiger charge is -2.27. The van der Waals surface area contributed by atoms with Crippen LogP contribution in [-0.2, 0) is 97.2 Å². The highest BCUT2D eigenvalue weighted by Gasteiger charge is 2.47.